The van der Waals surface area contributed by atoms with Gasteiger partial charge in [-0.05, 0) is 41.5 Å². The highest BCUT2D eigenvalue weighted by atomic mass is 16.5. The minimum Gasteiger partial charge on any atom is -0.479 e. The van der Waals surface area contributed by atoms with Crippen LogP contribution in [-0.2, 0) is 19.1 Å². The fraction of sp³-hybridized carbons (Fsp3) is 0.400. The molecule has 2 amide bonds. The lowest BCUT2D eigenvalue weighted by atomic mass is 9.98. The summed E-state index contributed by atoms with van der Waals surface area (Å²) < 4.78 is 10.9. The van der Waals surface area contributed by atoms with Crippen LogP contribution in [0.15, 0.2) is 48.5 Å². The highest BCUT2D eigenvalue weighted by Gasteiger charge is 2.32. The van der Waals surface area contributed by atoms with Crippen LogP contribution in [0, 0.1) is 0 Å². The summed E-state index contributed by atoms with van der Waals surface area (Å²) in [5, 5.41) is 14.4. The van der Waals surface area contributed by atoms with Crippen molar-refractivity contribution >= 4 is 18.0 Å². The third kappa shape index (κ3) is 5.01. The van der Waals surface area contributed by atoms with Gasteiger partial charge in [-0.3, -0.25) is 4.79 Å². The van der Waals surface area contributed by atoms with Gasteiger partial charge in [0.25, 0.3) is 0 Å². The second-order valence-electron chi connectivity index (χ2n) is 8.34. The summed E-state index contributed by atoms with van der Waals surface area (Å²) in [5.41, 5.74) is 4.53. The number of carbonyl (C=O) groups is 3. The van der Waals surface area contributed by atoms with Crippen LogP contribution >= 0.6 is 0 Å². The lowest BCUT2D eigenvalue weighted by molar-refractivity contribution is -0.149. The predicted octanol–water partition coefficient (Wildman–Crippen LogP) is 3.05. The highest BCUT2D eigenvalue weighted by molar-refractivity contribution is 5.85. The Labute approximate surface area is 192 Å². The molecule has 0 bridgehead atoms. The standard InChI is InChI=1S/C25H28N2O6/c1-2-21(23(28)26-13-15-11-12-22(33-15)24(29)30)27-25(31)32-14-20-18-9-5-3-7-16(18)17-8-4-6-10-19(17)20/h3-10,15,20-22H,2,11-14H2,1H3,(H,26,28)(H,27,31)(H,29,30)/t15?,21-,22?/m1/s1. The van der Waals surface area contributed by atoms with Gasteiger partial charge in [0.2, 0.25) is 5.91 Å². The number of benzene rings is 2. The van der Waals surface area contributed by atoms with E-state index in [0.717, 1.165) is 22.3 Å². The van der Waals surface area contributed by atoms with Crippen molar-refractivity contribution in [1.82, 2.24) is 10.6 Å². The number of nitrogens with one attached hydrogen (secondary N) is 2. The second-order valence-corrected chi connectivity index (χ2v) is 8.34. The van der Waals surface area contributed by atoms with Crippen LogP contribution in [0.3, 0.4) is 0 Å². The van der Waals surface area contributed by atoms with Crippen LogP contribution in [0.4, 0.5) is 4.79 Å². The molecule has 0 saturated carbocycles. The van der Waals surface area contributed by atoms with Gasteiger partial charge in [0.15, 0.2) is 6.10 Å². The van der Waals surface area contributed by atoms with Gasteiger partial charge in [0.1, 0.15) is 12.6 Å². The average molecular weight is 453 g/mol. The molecule has 0 radical (unpaired) electrons. The summed E-state index contributed by atoms with van der Waals surface area (Å²) in [6.45, 7) is 2.16. The number of hydrogen-bond acceptors (Lipinski definition) is 5. The second kappa shape index (κ2) is 10.0. The number of hydrogen-bond donors (Lipinski definition) is 3. The summed E-state index contributed by atoms with van der Waals surface area (Å²) in [4.78, 5) is 36.0. The molecular weight excluding hydrogens is 424 g/mol. The minimum absolute atomic E-state index is 0.0567. The third-order valence-corrected chi connectivity index (χ3v) is 6.25. The Morgan fingerprint density at radius 3 is 2.27 bits per heavy atom. The van der Waals surface area contributed by atoms with Crippen LogP contribution in [0.5, 0.6) is 0 Å². The summed E-state index contributed by atoms with van der Waals surface area (Å²) in [5.74, 6) is -1.40. The minimum atomic E-state index is -0.993. The Morgan fingerprint density at radius 1 is 1.06 bits per heavy atom. The first kappa shape index (κ1) is 22.8. The number of aliphatic carboxylic acids is 1. The highest BCUT2D eigenvalue weighted by Crippen LogP contribution is 2.44. The van der Waals surface area contributed by atoms with Crippen LogP contribution in [-0.4, -0.2) is 54.5 Å². The van der Waals surface area contributed by atoms with Gasteiger partial charge in [0.05, 0.1) is 6.10 Å². The number of fused-ring (bicyclic) bond motifs is 3. The van der Waals surface area contributed by atoms with Crippen molar-refractivity contribution in [3.8, 4) is 11.1 Å². The van der Waals surface area contributed by atoms with Crippen LogP contribution in [0.1, 0.15) is 43.2 Å². The Hall–Kier alpha value is -3.39. The first-order chi connectivity index (χ1) is 16.0. The Morgan fingerprint density at radius 2 is 1.70 bits per heavy atom. The molecule has 2 aromatic carbocycles. The van der Waals surface area contributed by atoms with Crippen LogP contribution in [0.2, 0.25) is 0 Å². The van der Waals surface area contributed by atoms with E-state index in [2.05, 4.69) is 22.8 Å². The van der Waals surface area contributed by atoms with E-state index in [9.17, 15) is 14.4 Å². The molecular formula is C25H28N2O6. The monoisotopic (exact) mass is 452 g/mol. The molecule has 4 rings (SSSR count). The lowest BCUT2D eigenvalue weighted by Crippen LogP contribution is -2.48. The quantitative estimate of drug-likeness (QED) is 0.567. The summed E-state index contributed by atoms with van der Waals surface area (Å²) in [6, 6.07) is 15.4. The molecule has 2 aliphatic rings. The maximum atomic E-state index is 12.5. The van der Waals surface area contributed by atoms with Crippen molar-refractivity contribution in [1.29, 1.82) is 0 Å². The lowest BCUT2D eigenvalue weighted by Gasteiger charge is -2.19. The van der Waals surface area contributed by atoms with E-state index >= 15 is 0 Å². The smallest absolute Gasteiger partial charge is 0.407 e. The molecule has 1 saturated heterocycles. The van der Waals surface area contributed by atoms with Gasteiger partial charge in [0, 0.05) is 12.5 Å². The van der Waals surface area contributed by atoms with Gasteiger partial charge in [-0.15, -0.1) is 0 Å². The van der Waals surface area contributed by atoms with Crippen LogP contribution < -0.4 is 10.6 Å². The molecule has 174 valence electrons. The zero-order valence-electron chi connectivity index (χ0n) is 18.5. The van der Waals surface area contributed by atoms with Gasteiger partial charge in [-0.1, -0.05) is 55.5 Å². The number of carboxylic acids is 1. The van der Waals surface area contributed by atoms with E-state index in [-0.39, 0.29) is 31.1 Å². The third-order valence-electron chi connectivity index (χ3n) is 6.25. The molecule has 3 atom stereocenters. The van der Waals surface area contributed by atoms with Gasteiger partial charge >= 0.3 is 12.1 Å². The van der Waals surface area contributed by atoms with E-state index in [4.69, 9.17) is 14.6 Å². The molecule has 8 nitrogen and oxygen atoms in total. The predicted molar refractivity (Wildman–Crippen MR) is 121 cm³/mol. The maximum Gasteiger partial charge on any atom is 0.407 e. The first-order valence-corrected chi connectivity index (χ1v) is 11.3. The first-order valence-electron chi connectivity index (χ1n) is 11.3. The topological polar surface area (TPSA) is 114 Å². The molecule has 3 N–H and O–H groups in total. The number of rotatable bonds is 8. The molecule has 33 heavy (non-hydrogen) atoms. The van der Waals surface area contributed by atoms with Crippen LogP contribution in [0.25, 0.3) is 11.1 Å². The van der Waals surface area contributed by atoms with E-state index < -0.39 is 24.2 Å². The normalized spacial score (nSPS) is 19.9. The van der Waals surface area contributed by atoms with Crippen molar-refractivity contribution in [3.05, 3.63) is 59.7 Å². The zero-order valence-corrected chi connectivity index (χ0v) is 18.5. The van der Waals surface area contributed by atoms with E-state index in [0.29, 0.717) is 19.3 Å². The molecule has 1 aliphatic heterocycles. The summed E-state index contributed by atoms with van der Waals surface area (Å²) >= 11 is 0. The van der Waals surface area contributed by atoms with E-state index in [1.807, 2.05) is 36.4 Å². The zero-order chi connectivity index (χ0) is 23.4. The van der Waals surface area contributed by atoms with Gasteiger partial charge in [-0.2, -0.15) is 0 Å². The number of carbonyl (C=O) groups excluding carboxylic acids is 2. The average Bonchev–Trinajstić information content (AvgIpc) is 3.43. The summed E-state index contributed by atoms with van der Waals surface area (Å²) in [7, 11) is 0. The molecule has 1 fully saturated rings. The fourth-order valence-electron chi connectivity index (χ4n) is 4.51. The fourth-order valence-corrected chi connectivity index (χ4v) is 4.51. The van der Waals surface area contributed by atoms with Gasteiger partial charge < -0.3 is 25.2 Å². The molecule has 1 aliphatic carbocycles. The molecule has 2 unspecified atom stereocenters. The van der Waals surface area contributed by atoms with Gasteiger partial charge in [-0.25, -0.2) is 9.59 Å². The Kier molecular flexibility index (Phi) is 6.93. The van der Waals surface area contributed by atoms with Crippen molar-refractivity contribution in [2.45, 2.75) is 50.4 Å². The number of alkyl carbamates (subject to hydrolysis) is 1. The van der Waals surface area contributed by atoms with E-state index in [1.54, 1.807) is 6.92 Å². The van der Waals surface area contributed by atoms with Crippen molar-refractivity contribution < 1.29 is 29.0 Å². The number of carboxylic acid groups (broad SMARTS) is 1. The summed E-state index contributed by atoms with van der Waals surface area (Å²) in [6.07, 6.45) is -0.449. The molecule has 2 aromatic rings. The van der Waals surface area contributed by atoms with E-state index in [1.165, 1.54) is 0 Å². The van der Waals surface area contributed by atoms with Crippen molar-refractivity contribution in [2.75, 3.05) is 13.2 Å². The molecule has 1 heterocycles. The Bertz CT molecular complexity index is 994. The molecule has 0 spiro atoms. The molecule has 8 heteroatoms. The maximum absolute atomic E-state index is 12.5. The van der Waals surface area contributed by atoms with Crippen molar-refractivity contribution in [2.24, 2.45) is 0 Å². The molecule has 0 aromatic heterocycles. The number of ether oxygens (including phenoxy) is 2. The number of amides is 2. The Balaban J connectivity index is 1.29. The largest absolute Gasteiger partial charge is 0.479 e. The SMILES string of the molecule is CC[C@@H](NC(=O)OCC1c2ccccc2-c2ccccc21)C(=O)NCC1CCC(C(=O)O)O1. The van der Waals surface area contributed by atoms with Crippen molar-refractivity contribution in [3.63, 3.8) is 0 Å².